The average molecular weight is 482 g/mol. The quantitative estimate of drug-likeness (QED) is 0.493. The van der Waals surface area contributed by atoms with Gasteiger partial charge < -0.3 is 19.0 Å². The van der Waals surface area contributed by atoms with Crippen LogP contribution in [0.5, 0.6) is 5.75 Å². The maximum atomic E-state index is 13.1. The lowest BCUT2D eigenvalue weighted by atomic mass is 9.90. The van der Waals surface area contributed by atoms with Gasteiger partial charge in [0, 0.05) is 50.5 Å². The summed E-state index contributed by atoms with van der Waals surface area (Å²) in [5.74, 6) is 0.481. The summed E-state index contributed by atoms with van der Waals surface area (Å²) in [4.78, 5) is 33.6. The van der Waals surface area contributed by atoms with Crippen LogP contribution in [0.4, 0.5) is 0 Å². The van der Waals surface area contributed by atoms with Crippen LogP contribution in [0.15, 0.2) is 65.4 Å². The molecule has 4 rings (SSSR count). The molecule has 0 saturated carbocycles. The first-order valence-corrected chi connectivity index (χ1v) is 11.7. The molecule has 0 spiro atoms. The van der Waals surface area contributed by atoms with Crippen molar-refractivity contribution in [1.82, 2.24) is 14.8 Å². The van der Waals surface area contributed by atoms with Crippen molar-refractivity contribution in [2.45, 2.75) is 32.4 Å². The molecule has 0 radical (unpaired) electrons. The normalized spacial score (nSPS) is 17.9. The molecule has 1 aliphatic heterocycles. The molecule has 2 atom stereocenters. The highest BCUT2D eigenvalue weighted by Crippen LogP contribution is 2.29. The predicted molar refractivity (Wildman–Crippen MR) is 129 cm³/mol. The number of aromatic nitrogens is 1. The SMILES string of the molecule is Cc1ncoc1C(=O)N1CC[C@H](Oc2cccc(Cl)c2)[C@@H](CC(=O)N(C)Cc2ccccc2)C1. The Kier molecular flexibility index (Phi) is 7.53. The number of ether oxygens (including phenoxy) is 1. The van der Waals surface area contributed by atoms with Gasteiger partial charge in [-0.3, -0.25) is 9.59 Å². The van der Waals surface area contributed by atoms with Crippen molar-refractivity contribution in [3.63, 3.8) is 0 Å². The van der Waals surface area contributed by atoms with E-state index in [9.17, 15) is 9.59 Å². The molecule has 1 aromatic heterocycles. The second kappa shape index (κ2) is 10.7. The second-order valence-electron chi connectivity index (χ2n) is 8.62. The van der Waals surface area contributed by atoms with E-state index < -0.39 is 0 Å². The van der Waals surface area contributed by atoms with Gasteiger partial charge in [0.1, 0.15) is 11.9 Å². The molecule has 0 aliphatic carbocycles. The van der Waals surface area contributed by atoms with Crippen molar-refractivity contribution in [2.75, 3.05) is 20.1 Å². The third kappa shape index (κ3) is 5.78. The summed E-state index contributed by atoms with van der Waals surface area (Å²) in [6.45, 7) is 3.14. The van der Waals surface area contributed by atoms with E-state index in [0.717, 1.165) is 5.56 Å². The molecule has 0 bridgehead atoms. The Balaban J connectivity index is 1.49. The van der Waals surface area contributed by atoms with Gasteiger partial charge in [0.25, 0.3) is 5.91 Å². The number of rotatable bonds is 7. The number of amides is 2. The maximum absolute atomic E-state index is 13.1. The van der Waals surface area contributed by atoms with Gasteiger partial charge in [0.15, 0.2) is 6.39 Å². The van der Waals surface area contributed by atoms with E-state index in [0.29, 0.717) is 42.5 Å². The van der Waals surface area contributed by atoms with Crippen LogP contribution in [0.25, 0.3) is 0 Å². The molecule has 8 heteroatoms. The van der Waals surface area contributed by atoms with Gasteiger partial charge in [-0.25, -0.2) is 4.98 Å². The first-order valence-electron chi connectivity index (χ1n) is 11.3. The Morgan fingerprint density at radius 2 is 2.00 bits per heavy atom. The standard InChI is InChI=1S/C26H28ClN3O4/c1-18-25(33-17-28-18)26(32)30-12-11-23(34-22-10-6-9-21(27)14-22)20(16-30)13-24(31)29(2)15-19-7-4-3-5-8-19/h3-10,14,17,20,23H,11-13,15-16H2,1-2H3/t20-,23-/m0/s1. The first-order chi connectivity index (χ1) is 16.4. The van der Waals surface area contributed by atoms with Gasteiger partial charge in [-0.2, -0.15) is 0 Å². The Hall–Kier alpha value is -3.32. The van der Waals surface area contributed by atoms with Crippen molar-refractivity contribution < 1.29 is 18.7 Å². The van der Waals surface area contributed by atoms with Crippen molar-refractivity contribution in [1.29, 1.82) is 0 Å². The molecule has 1 saturated heterocycles. The fraction of sp³-hybridized carbons (Fsp3) is 0.346. The molecule has 2 aromatic carbocycles. The predicted octanol–water partition coefficient (Wildman–Crippen LogP) is 4.59. The molecule has 3 aromatic rings. The molecule has 7 nitrogen and oxygen atoms in total. The minimum Gasteiger partial charge on any atom is -0.490 e. The van der Waals surface area contributed by atoms with Crippen LogP contribution in [0.3, 0.4) is 0 Å². The molecule has 0 N–H and O–H groups in total. The van der Waals surface area contributed by atoms with Crippen molar-refractivity contribution in [3.05, 3.63) is 83.0 Å². The molecular formula is C26H28ClN3O4. The summed E-state index contributed by atoms with van der Waals surface area (Å²) < 4.78 is 11.6. The van der Waals surface area contributed by atoms with Crippen molar-refractivity contribution in [3.8, 4) is 5.75 Å². The van der Waals surface area contributed by atoms with Gasteiger partial charge in [-0.15, -0.1) is 0 Å². The van der Waals surface area contributed by atoms with Gasteiger partial charge in [-0.05, 0) is 30.7 Å². The van der Waals surface area contributed by atoms with Gasteiger partial charge >= 0.3 is 0 Å². The van der Waals surface area contributed by atoms with E-state index in [1.54, 1.807) is 35.9 Å². The van der Waals surface area contributed by atoms with E-state index in [1.807, 2.05) is 42.5 Å². The highest BCUT2D eigenvalue weighted by atomic mass is 35.5. The zero-order chi connectivity index (χ0) is 24.1. The fourth-order valence-electron chi connectivity index (χ4n) is 4.24. The number of oxazole rings is 1. The number of hydrogen-bond donors (Lipinski definition) is 0. The summed E-state index contributed by atoms with van der Waals surface area (Å²) in [5, 5.41) is 0.584. The third-order valence-corrected chi connectivity index (χ3v) is 6.33. The molecule has 2 heterocycles. The number of piperidine rings is 1. The van der Waals surface area contributed by atoms with Crippen LogP contribution in [-0.4, -0.2) is 52.8 Å². The number of likely N-dealkylation sites (tertiary alicyclic amines) is 1. The Labute approximate surface area is 204 Å². The average Bonchev–Trinajstić information content (AvgIpc) is 3.26. The van der Waals surface area contributed by atoms with Crippen LogP contribution in [0.1, 0.15) is 34.7 Å². The van der Waals surface area contributed by atoms with Gasteiger partial charge in [0.2, 0.25) is 11.7 Å². The summed E-state index contributed by atoms with van der Waals surface area (Å²) in [5.41, 5.74) is 1.61. The monoisotopic (exact) mass is 481 g/mol. The minimum absolute atomic E-state index is 0.00121. The Bertz CT molecular complexity index is 1130. The van der Waals surface area contributed by atoms with E-state index in [2.05, 4.69) is 4.98 Å². The number of carbonyl (C=O) groups excluding carboxylic acids is 2. The largest absolute Gasteiger partial charge is 0.490 e. The van der Waals surface area contributed by atoms with Crippen LogP contribution < -0.4 is 4.74 Å². The van der Waals surface area contributed by atoms with Crippen molar-refractivity contribution in [2.24, 2.45) is 5.92 Å². The molecule has 178 valence electrons. The van der Waals surface area contributed by atoms with Gasteiger partial charge in [0.05, 0.1) is 5.69 Å². The zero-order valence-electron chi connectivity index (χ0n) is 19.3. The van der Waals surface area contributed by atoms with Crippen LogP contribution >= 0.6 is 11.6 Å². The van der Waals surface area contributed by atoms with E-state index >= 15 is 0 Å². The summed E-state index contributed by atoms with van der Waals surface area (Å²) >= 11 is 6.13. The van der Waals surface area contributed by atoms with Crippen molar-refractivity contribution >= 4 is 23.4 Å². The van der Waals surface area contributed by atoms with E-state index in [-0.39, 0.29) is 36.0 Å². The number of halogens is 1. The Morgan fingerprint density at radius 3 is 2.71 bits per heavy atom. The lowest BCUT2D eigenvalue weighted by Gasteiger charge is -2.38. The fourth-order valence-corrected chi connectivity index (χ4v) is 4.42. The van der Waals surface area contributed by atoms with Crippen LogP contribution in [-0.2, 0) is 11.3 Å². The van der Waals surface area contributed by atoms with Crippen LogP contribution in [0.2, 0.25) is 5.02 Å². The minimum atomic E-state index is -0.229. The maximum Gasteiger partial charge on any atom is 0.291 e. The lowest BCUT2D eigenvalue weighted by Crippen LogP contribution is -2.49. The Morgan fingerprint density at radius 1 is 1.21 bits per heavy atom. The molecule has 0 unspecified atom stereocenters. The van der Waals surface area contributed by atoms with Crippen LogP contribution in [0, 0.1) is 12.8 Å². The molecule has 2 amide bonds. The number of carbonyl (C=O) groups is 2. The summed E-state index contributed by atoms with van der Waals surface area (Å²) in [6, 6.07) is 17.1. The lowest BCUT2D eigenvalue weighted by molar-refractivity contribution is -0.133. The topological polar surface area (TPSA) is 75.9 Å². The molecular weight excluding hydrogens is 454 g/mol. The second-order valence-corrected chi connectivity index (χ2v) is 9.06. The number of benzene rings is 2. The summed E-state index contributed by atoms with van der Waals surface area (Å²) in [6.07, 6.45) is 1.89. The molecule has 1 fully saturated rings. The number of aryl methyl sites for hydroxylation is 1. The smallest absolute Gasteiger partial charge is 0.291 e. The first kappa shape index (κ1) is 23.8. The summed E-state index contributed by atoms with van der Waals surface area (Å²) in [7, 11) is 1.80. The van der Waals surface area contributed by atoms with Gasteiger partial charge in [-0.1, -0.05) is 48.0 Å². The third-order valence-electron chi connectivity index (χ3n) is 6.10. The molecule has 34 heavy (non-hydrogen) atoms. The molecule has 1 aliphatic rings. The zero-order valence-corrected chi connectivity index (χ0v) is 20.1. The number of nitrogens with zero attached hydrogens (tertiary/aromatic N) is 3. The van der Waals surface area contributed by atoms with E-state index in [4.69, 9.17) is 20.8 Å². The van der Waals surface area contributed by atoms with E-state index in [1.165, 1.54) is 6.39 Å². The highest BCUT2D eigenvalue weighted by molar-refractivity contribution is 6.30. The highest BCUT2D eigenvalue weighted by Gasteiger charge is 2.36. The number of hydrogen-bond acceptors (Lipinski definition) is 5.